The summed E-state index contributed by atoms with van der Waals surface area (Å²) in [5.41, 5.74) is 1.57. The van der Waals surface area contributed by atoms with Gasteiger partial charge in [-0.2, -0.15) is 5.10 Å². The number of fused-ring (bicyclic) bond motifs is 1. The number of benzene rings is 1. The fraction of sp³-hybridized carbons (Fsp3) is 0.286. The highest BCUT2D eigenvalue weighted by Crippen LogP contribution is 2.21. The van der Waals surface area contributed by atoms with Gasteiger partial charge in [0, 0.05) is 6.54 Å². The molecule has 20 heavy (non-hydrogen) atoms. The number of nitrogens with zero attached hydrogens (tertiary/aromatic N) is 3. The monoisotopic (exact) mass is 275 g/mol. The van der Waals surface area contributed by atoms with Crippen molar-refractivity contribution in [3.63, 3.8) is 0 Å². The van der Waals surface area contributed by atoms with E-state index in [1.54, 1.807) is 0 Å². The Kier molecular flexibility index (Phi) is 3.23. The van der Waals surface area contributed by atoms with Crippen LogP contribution in [0.2, 0.25) is 0 Å². The van der Waals surface area contributed by atoms with Crippen LogP contribution in [-0.4, -0.2) is 32.0 Å². The molecule has 1 amide bonds. The number of hydrogen-bond acceptors (Lipinski definition) is 3. The SMILES string of the molecule is O=C1c2cc(CO)nn2C[C@@H](F)N1Cc1ccccc1. The molecule has 0 aliphatic carbocycles. The second kappa shape index (κ2) is 5.05. The molecule has 0 spiro atoms. The number of hydrogen-bond donors (Lipinski definition) is 1. The molecule has 0 bridgehead atoms. The third-order valence-corrected chi connectivity index (χ3v) is 3.33. The van der Waals surface area contributed by atoms with E-state index in [1.165, 1.54) is 15.6 Å². The van der Waals surface area contributed by atoms with Gasteiger partial charge in [-0.3, -0.25) is 9.48 Å². The van der Waals surface area contributed by atoms with Crippen molar-refractivity contribution >= 4 is 5.91 Å². The van der Waals surface area contributed by atoms with Crippen molar-refractivity contribution in [1.29, 1.82) is 0 Å². The van der Waals surface area contributed by atoms with Crippen molar-refractivity contribution in [3.8, 4) is 0 Å². The van der Waals surface area contributed by atoms with E-state index in [0.29, 0.717) is 11.4 Å². The molecule has 0 fully saturated rings. The highest BCUT2D eigenvalue weighted by Gasteiger charge is 2.33. The van der Waals surface area contributed by atoms with Gasteiger partial charge in [0.2, 0.25) is 0 Å². The van der Waals surface area contributed by atoms with Gasteiger partial charge in [-0.25, -0.2) is 4.39 Å². The van der Waals surface area contributed by atoms with Gasteiger partial charge in [0.05, 0.1) is 18.8 Å². The summed E-state index contributed by atoms with van der Waals surface area (Å²) in [5.74, 6) is -0.403. The molecule has 1 aliphatic rings. The summed E-state index contributed by atoms with van der Waals surface area (Å²) in [7, 11) is 0. The maximum atomic E-state index is 14.2. The summed E-state index contributed by atoms with van der Waals surface area (Å²) in [6, 6.07) is 10.8. The second-order valence-electron chi connectivity index (χ2n) is 4.71. The van der Waals surface area contributed by atoms with Crippen LogP contribution in [0.4, 0.5) is 4.39 Å². The molecule has 3 rings (SSSR count). The average molecular weight is 275 g/mol. The lowest BCUT2D eigenvalue weighted by Crippen LogP contribution is -2.45. The molecule has 2 aromatic rings. The normalized spacial score (nSPS) is 18.2. The Morgan fingerprint density at radius 2 is 2.10 bits per heavy atom. The highest BCUT2D eigenvalue weighted by molar-refractivity contribution is 5.93. The van der Waals surface area contributed by atoms with Crippen LogP contribution in [0.3, 0.4) is 0 Å². The Hall–Kier alpha value is -2.21. The summed E-state index contributed by atoms with van der Waals surface area (Å²) < 4.78 is 15.5. The highest BCUT2D eigenvalue weighted by atomic mass is 19.1. The van der Waals surface area contributed by atoms with E-state index in [9.17, 15) is 9.18 Å². The maximum Gasteiger partial charge on any atom is 0.274 e. The number of rotatable bonds is 3. The molecule has 5 nitrogen and oxygen atoms in total. The first kappa shape index (κ1) is 12.8. The van der Waals surface area contributed by atoms with E-state index in [0.717, 1.165) is 5.56 Å². The molecule has 0 saturated heterocycles. The van der Waals surface area contributed by atoms with Crippen LogP contribution in [0.1, 0.15) is 21.7 Å². The van der Waals surface area contributed by atoms with Crippen LogP contribution in [0.5, 0.6) is 0 Å². The van der Waals surface area contributed by atoms with Crippen LogP contribution >= 0.6 is 0 Å². The lowest BCUT2D eigenvalue weighted by Gasteiger charge is -2.30. The first-order valence-corrected chi connectivity index (χ1v) is 6.35. The number of halogens is 1. The van der Waals surface area contributed by atoms with Crippen LogP contribution in [0.15, 0.2) is 36.4 Å². The van der Waals surface area contributed by atoms with E-state index in [1.807, 2.05) is 30.3 Å². The minimum atomic E-state index is -1.42. The average Bonchev–Trinajstić information content (AvgIpc) is 2.88. The second-order valence-corrected chi connectivity index (χ2v) is 4.71. The van der Waals surface area contributed by atoms with Gasteiger partial charge in [-0.1, -0.05) is 30.3 Å². The fourth-order valence-electron chi connectivity index (χ4n) is 2.33. The molecule has 1 aromatic carbocycles. The van der Waals surface area contributed by atoms with Crippen molar-refractivity contribution in [2.24, 2.45) is 0 Å². The van der Waals surface area contributed by atoms with Crippen molar-refractivity contribution in [1.82, 2.24) is 14.7 Å². The largest absolute Gasteiger partial charge is 0.390 e. The lowest BCUT2D eigenvalue weighted by atomic mass is 10.2. The Balaban J connectivity index is 1.88. The summed E-state index contributed by atoms with van der Waals surface area (Å²) in [4.78, 5) is 13.5. The number of aromatic nitrogens is 2. The molecule has 0 unspecified atom stereocenters. The zero-order valence-corrected chi connectivity index (χ0v) is 10.7. The van der Waals surface area contributed by atoms with Crippen molar-refractivity contribution in [3.05, 3.63) is 53.3 Å². The minimum Gasteiger partial charge on any atom is -0.390 e. The van der Waals surface area contributed by atoms with E-state index < -0.39 is 12.2 Å². The zero-order valence-electron chi connectivity index (χ0n) is 10.7. The Morgan fingerprint density at radius 3 is 2.80 bits per heavy atom. The van der Waals surface area contributed by atoms with Crippen LogP contribution in [-0.2, 0) is 19.7 Å². The third-order valence-electron chi connectivity index (χ3n) is 3.33. The van der Waals surface area contributed by atoms with Gasteiger partial charge in [-0.15, -0.1) is 0 Å². The van der Waals surface area contributed by atoms with E-state index >= 15 is 0 Å². The Labute approximate surface area is 115 Å². The van der Waals surface area contributed by atoms with E-state index in [-0.39, 0.29) is 19.7 Å². The van der Waals surface area contributed by atoms with Crippen molar-refractivity contribution in [2.45, 2.75) is 26.0 Å². The summed E-state index contributed by atoms with van der Waals surface area (Å²) >= 11 is 0. The fourth-order valence-corrected chi connectivity index (χ4v) is 2.33. The lowest BCUT2D eigenvalue weighted by molar-refractivity contribution is 0.0256. The topological polar surface area (TPSA) is 58.4 Å². The molecule has 2 heterocycles. The number of aliphatic hydroxyl groups excluding tert-OH is 1. The summed E-state index contributed by atoms with van der Waals surface area (Å²) in [5, 5.41) is 13.0. The standard InChI is InChI=1S/C14H14FN3O2/c15-13-8-18-12(6-11(9-19)16-18)14(20)17(13)7-10-4-2-1-3-5-10/h1-6,13,19H,7-9H2/t13-/m0/s1. The predicted octanol–water partition coefficient (Wildman–Crippen LogP) is 1.33. The van der Waals surface area contributed by atoms with Gasteiger partial charge in [0.15, 0.2) is 6.30 Å². The molecular weight excluding hydrogens is 261 g/mol. The van der Waals surface area contributed by atoms with Crippen LogP contribution in [0.25, 0.3) is 0 Å². The van der Waals surface area contributed by atoms with Gasteiger partial charge in [0.1, 0.15) is 5.69 Å². The molecule has 6 heteroatoms. The van der Waals surface area contributed by atoms with Crippen molar-refractivity contribution < 1.29 is 14.3 Å². The number of carbonyl (C=O) groups is 1. The number of carbonyl (C=O) groups excluding carboxylic acids is 1. The molecular formula is C14H14FN3O2. The molecule has 0 saturated carbocycles. The van der Waals surface area contributed by atoms with Crippen LogP contribution in [0, 0.1) is 0 Å². The Morgan fingerprint density at radius 1 is 1.35 bits per heavy atom. The van der Waals surface area contributed by atoms with Gasteiger partial charge < -0.3 is 10.0 Å². The molecule has 1 aromatic heterocycles. The maximum absolute atomic E-state index is 14.2. The quantitative estimate of drug-likeness (QED) is 0.860. The number of alkyl halides is 1. The number of amides is 1. The third kappa shape index (κ3) is 2.18. The van der Waals surface area contributed by atoms with Crippen molar-refractivity contribution in [2.75, 3.05) is 0 Å². The number of aliphatic hydroxyl groups is 1. The first-order chi connectivity index (χ1) is 9.69. The van der Waals surface area contributed by atoms with E-state index in [4.69, 9.17) is 5.11 Å². The summed E-state index contributed by atoms with van der Waals surface area (Å²) in [6.07, 6.45) is -1.42. The molecule has 104 valence electrons. The van der Waals surface area contributed by atoms with Gasteiger partial charge >= 0.3 is 0 Å². The van der Waals surface area contributed by atoms with Gasteiger partial charge in [-0.05, 0) is 11.6 Å². The molecule has 1 atom stereocenters. The minimum absolute atomic E-state index is 0.00604. The van der Waals surface area contributed by atoms with Crippen LogP contribution < -0.4 is 0 Å². The molecule has 1 N–H and O–H groups in total. The molecule has 0 radical (unpaired) electrons. The Bertz CT molecular complexity index is 627. The molecule has 1 aliphatic heterocycles. The van der Waals surface area contributed by atoms with E-state index in [2.05, 4.69) is 5.10 Å². The van der Waals surface area contributed by atoms with Gasteiger partial charge in [0.25, 0.3) is 5.91 Å². The zero-order chi connectivity index (χ0) is 14.1. The first-order valence-electron chi connectivity index (χ1n) is 6.35. The summed E-state index contributed by atoms with van der Waals surface area (Å²) in [6.45, 7) is -0.0443. The smallest absolute Gasteiger partial charge is 0.274 e. The predicted molar refractivity (Wildman–Crippen MR) is 69.4 cm³/mol.